The minimum atomic E-state index is -4.20. The van der Waals surface area contributed by atoms with E-state index < -0.39 is 27.9 Å². The monoisotopic (exact) mass is 438 g/mol. The predicted octanol–water partition coefficient (Wildman–Crippen LogP) is 3.48. The highest BCUT2D eigenvalue weighted by atomic mass is 32.2. The van der Waals surface area contributed by atoms with Crippen molar-refractivity contribution in [1.29, 1.82) is 0 Å². The molecule has 4 rings (SSSR count). The third kappa shape index (κ3) is 3.74. The van der Waals surface area contributed by atoms with E-state index in [9.17, 15) is 18.0 Å². The maximum absolute atomic E-state index is 13.3. The average Bonchev–Trinajstić information content (AvgIpc) is 3.16. The Labute approximate surface area is 180 Å². The van der Waals surface area contributed by atoms with Crippen LogP contribution in [0.5, 0.6) is 5.75 Å². The standard InChI is InChI=1S/C23H22N2O5S/c1-15-14-17(10-12-21(15)30-2)31(28,29)25-20(11-13-22(25)26)23(27)24-19-9-5-7-16-6-3-4-8-18(16)19/h3-10,12,14,20H,11,13H2,1-2H3,(H,24,27)/t20-/m0/s1. The SMILES string of the molecule is COc1ccc(S(=O)(=O)N2C(=O)CC[C@H]2C(=O)Nc2cccc3ccccc23)cc1C. The van der Waals surface area contributed by atoms with Crippen LogP contribution in [0.4, 0.5) is 5.69 Å². The van der Waals surface area contributed by atoms with Crippen molar-refractivity contribution in [1.82, 2.24) is 4.31 Å². The van der Waals surface area contributed by atoms with E-state index in [-0.39, 0.29) is 17.7 Å². The van der Waals surface area contributed by atoms with Gasteiger partial charge in [-0.05, 0) is 48.6 Å². The van der Waals surface area contributed by atoms with Crippen LogP contribution in [0, 0.1) is 6.92 Å². The van der Waals surface area contributed by atoms with Gasteiger partial charge in [0.25, 0.3) is 10.0 Å². The van der Waals surface area contributed by atoms with E-state index in [1.165, 1.54) is 25.3 Å². The van der Waals surface area contributed by atoms with E-state index in [2.05, 4.69) is 5.32 Å². The molecule has 31 heavy (non-hydrogen) atoms. The summed E-state index contributed by atoms with van der Waals surface area (Å²) in [7, 11) is -2.70. The Bertz CT molecular complexity index is 1280. The summed E-state index contributed by atoms with van der Waals surface area (Å²) in [4.78, 5) is 25.5. The first-order valence-electron chi connectivity index (χ1n) is 9.83. The largest absolute Gasteiger partial charge is 0.496 e. The van der Waals surface area contributed by atoms with Gasteiger partial charge in [-0.1, -0.05) is 36.4 Å². The van der Waals surface area contributed by atoms with Crippen molar-refractivity contribution in [2.75, 3.05) is 12.4 Å². The number of rotatable bonds is 5. The molecular weight excluding hydrogens is 416 g/mol. The van der Waals surface area contributed by atoms with Gasteiger partial charge in [-0.2, -0.15) is 0 Å². The summed E-state index contributed by atoms with van der Waals surface area (Å²) in [6.45, 7) is 1.72. The van der Waals surface area contributed by atoms with Crippen LogP contribution in [0.2, 0.25) is 0 Å². The zero-order valence-electron chi connectivity index (χ0n) is 17.2. The maximum atomic E-state index is 13.3. The van der Waals surface area contributed by atoms with E-state index in [0.29, 0.717) is 21.3 Å². The summed E-state index contributed by atoms with van der Waals surface area (Å²) in [5, 5.41) is 4.59. The van der Waals surface area contributed by atoms with Gasteiger partial charge in [0, 0.05) is 17.5 Å². The van der Waals surface area contributed by atoms with Crippen molar-refractivity contribution in [2.45, 2.75) is 30.7 Å². The molecule has 0 saturated carbocycles. The van der Waals surface area contributed by atoms with E-state index in [1.807, 2.05) is 36.4 Å². The molecule has 1 heterocycles. The Kier molecular flexibility index (Phi) is 5.41. The molecule has 0 bridgehead atoms. The molecule has 0 radical (unpaired) electrons. The van der Waals surface area contributed by atoms with Crippen LogP contribution in [0.25, 0.3) is 10.8 Å². The van der Waals surface area contributed by atoms with Gasteiger partial charge in [-0.15, -0.1) is 0 Å². The fourth-order valence-electron chi connectivity index (χ4n) is 3.88. The molecule has 1 saturated heterocycles. The Hall–Kier alpha value is -3.39. The van der Waals surface area contributed by atoms with Crippen LogP contribution in [0.3, 0.4) is 0 Å². The average molecular weight is 439 g/mol. The van der Waals surface area contributed by atoms with E-state index in [1.54, 1.807) is 13.0 Å². The highest BCUT2D eigenvalue weighted by Crippen LogP contribution is 2.31. The maximum Gasteiger partial charge on any atom is 0.267 e. The molecule has 160 valence electrons. The fourth-order valence-corrected chi connectivity index (χ4v) is 5.56. The van der Waals surface area contributed by atoms with Crippen LogP contribution in [-0.2, 0) is 19.6 Å². The first-order valence-corrected chi connectivity index (χ1v) is 11.3. The summed E-state index contributed by atoms with van der Waals surface area (Å²) in [6, 6.07) is 16.3. The van der Waals surface area contributed by atoms with Gasteiger partial charge in [0.05, 0.1) is 12.0 Å². The van der Waals surface area contributed by atoms with Crippen LogP contribution < -0.4 is 10.1 Å². The molecule has 1 atom stereocenters. The van der Waals surface area contributed by atoms with Crippen molar-refractivity contribution in [3.8, 4) is 5.75 Å². The van der Waals surface area contributed by atoms with Gasteiger partial charge < -0.3 is 10.1 Å². The molecule has 3 aromatic carbocycles. The van der Waals surface area contributed by atoms with Crippen molar-refractivity contribution >= 4 is 38.3 Å². The number of sulfonamides is 1. The number of hydrogen-bond donors (Lipinski definition) is 1. The summed E-state index contributed by atoms with van der Waals surface area (Å²) in [5.41, 5.74) is 1.19. The summed E-state index contributed by atoms with van der Waals surface area (Å²) < 4.78 is 32.4. The quantitative estimate of drug-likeness (QED) is 0.658. The summed E-state index contributed by atoms with van der Waals surface area (Å²) in [6.07, 6.45) is 0.117. The molecule has 1 fully saturated rings. The lowest BCUT2D eigenvalue weighted by Gasteiger charge is -2.24. The molecule has 7 nitrogen and oxygen atoms in total. The lowest BCUT2D eigenvalue weighted by atomic mass is 10.1. The van der Waals surface area contributed by atoms with Crippen LogP contribution in [0.15, 0.2) is 65.6 Å². The smallest absolute Gasteiger partial charge is 0.267 e. The molecule has 3 aromatic rings. The van der Waals surface area contributed by atoms with E-state index in [4.69, 9.17) is 4.74 Å². The van der Waals surface area contributed by atoms with Gasteiger partial charge in [-0.25, -0.2) is 12.7 Å². The van der Waals surface area contributed by atoms with Gasteiger partial charge in [-0.3, -0.25) is 9.59 Å². The number of ether oxygens (including phenoxy) is 1. The zero-order valence-corrected chi connectivity index (χ0v) is 18.0. The van der Waals surface area contributed by atoms with Crippen LogP contribution >= 0.6 is 0 Å². The highest BCUT2D eigenvalue weighted by molar-refractivity contribution is 7.89. The Balaban J connectivity index is 1.66. The number of hydrogen-bond acceptors (Lipinski definition) is 5. The minimum absolute atomic E-state index is 0.0119. The number of benzene rings is 3. The molecule has 1 N–H and O–H groups in total. The molecular formula is C23H22N2O5S. The number of aryl methyl sites for hydroxylation is 1. The van der Waals surface area contributed by atoms with E-state index >= 15 is 0 Å². The lowest BCUT2D eigenvalue weighted by molar-refractivity contribution is -0.128. The molecule has 0 spiro atoms. The minimum Gasteiger partial charge on any atom is -0.496 e. The molecule has 1 aliphatic heterocycles. The second-order valence-corrected chi connectivity index (χ2v) is 9.21. The lowest BCUT2D eigenvalue weighted by Crippen LogP contribution is -2.45. The Morgan fingerprint density at radius 3 is 2.58 bits per heavy atom. The zero-order chi connectivity index (χ0) is 22.2. The fraction of sp³-hybridized carbons (Fsp3) is 0.217. The summed E-state index contributed by atoms with van der Waals surface area (Å²) >= 11 is 0. The molecule has 1 aliphatic rings. The number of methoxy groups -OCH3 is 1. The highest BCUT2D eigenvalue weighted by Gasteiger charge is 2.44. The number of carbonyl (C=O) groups excluding carboxylic acids is 2. The van der Waals surface area contributed by atoms with Gasteiger partial charge in [0.15, 0.2) is 0 Å². The molecule has 2 amide bonds. The number of amides is 2. The van der Waals surface area contributed by atoms with Crippen molar-refractivity contribution in [3.05, 3.63) is 66.2 Å². The number of nitrogens with zero attached hydrogens (tertiary/aromatic N) is 1. The number of carbonyl (C=O) groups is 2. The van der Waals surface area contributed by atoms with Crippen molar-refractivity contribution in [3.63, 3.8) is 0 Å². The second-order valence-electron chi connectivity index (χ2n) is 7.40. The predicted molar refractivity (Wildman–Crippen MR) is 117 cm³/mol. The molecule has 0 unspecified atom stereocenters. The topological polar surface area (TPSA) is 92.8 Å². The molecule has 0 aromatic heterocycles. The first-order chi connectivity index (χ1) is 14.8. The summed E-state index contributed by atoms with van der Waals surface area (Å²) in [5.74, 6) is -0.584. The van der Waals surface area contributed by atoms with Crippen molar-refractivity contribution in [2.24, 2.45) is 0 Å². The molecule has 8 heteroatoms. The van der Waals surface area contributed by atoms with Crippen molar-refractivity contribution < 1.29 is 22.7 Å². The second kappa shape index (κ2) is 8.03. The van der Waals surface area contributed by atoms with Gasteiger partial charge in [0.2, 0.25) is 11.8 Å². The Morgan fingerprint density at radius 2 is 1.84 bits per heavy atom. The van der Waals surface area contributed by atoms with E-state index in [0.717, 1.165) is 10.8 Å². The van der Waals surface area contributed by atoms with Crippen LogP contribution in [-0.4, -0.2) is 37.7 Å². The molecule has 0 aliphatic carbocycles. The first kappa shape index (κ1) is 20.9. The van der Waals surface area contributed by atoms with Gasteiger partial charge in [0.1, 0.15) is 11.8 Å². The normalized spacial score (nSPS) is 16.5. The third-order valence-electron chi connectivity index (χ3n) is 5.43. The number of anilines is 1. The Morgan fingerprint density at radius 1 is 1.10 bits per heavy atom. The van der Waals surface area contributed by atoms with Crippen LogP contribution in [0.1, 0.15) is 18.4 Å². The number of fused-ring (bicyclic) bond motifs is 1. The number of nitrogens with one attached hydrogen (secondary N) is 1. The third-order valence-corrected chi connectivity index (χ3v) is 7.26. The van der Waals surface area contributed by atoms with Gasteiger partial charge >= 0.3 is 0 Å².